The van der Waals surface area contributed by atoms with Gasteiger partial charge in [-0.25, -0.2) is 4.79 Å². The van der Waals surface area contributed by atoms with Gasteiger partial charge in [0.1, 0.15) is 5.56 Å². The van der Waals surface area contributed by atoms with Gasteiger partial charge in [-0.1, -0.05) is 25.5 Å². The number of aliphatic imine (C=N–C) groups is 1. The molecule has 3 N–H and O–H groups in total. The number of amides is 1. The molecular formula is C18H19F3N4O4. The number of H-pyrrole nitrogens is 1. The summed E-state index contributed by atoms with van der Waals surface area (Å²) < 4.78 is 38.6. The van der Waals surface area contributed by atoms with E-state index in [-0.39, 0.29) is 29.2 Å². The topological polar surface area (TPSA) is 117 Å². The second-order valence-corrected chi connectivity index (χ2v) is 6.13. The molecule has 156 valence electrons. The lowest BCUT2D eigenvalue weighted by atomic mass is 10.2. The summed E-state index contributed by atoms with van der Waals surface area (Å²) in [5.41, 5.74) is -2.31. The van der Waals surface area contributed by atoms with Crippen LogP contribution >= 0.6 is 0 Å². The molecule has 1 aromatic carbocycles. The Morgan fingerprint density at radius 1 is 1.28 bits per heavy atom. The zero-order valence-electron chi connectivity index (χ0n) is 15.6. The number of para-hydroxylation sites is 2. The van der Waals surface area contributed by atoms with Crippen LogP contribution in [0.3, 0.4) is 0 Å². The van der Waals surface area contributed by atoms with Crippen molar-refractivity contribution in [1.29, 1.82) is 0 Å². The van der Waals surface area contributed by atoms with Gasteiger partial charge < -0.3 is 10.4 Å². The first-order valence-corrected chi connectivity index (χ1v) is 8.65. The summed E-state index contributed by atoms with van der Waals surface area (Å²) in [5.74, 6) is -2.77. The number of rotatable bonds is 6. The zero-order chi connectivity index (χ0) is 21.8. The van der Waals surface area contributed by atoms with E-state index in [0.717, 1.165) is 11.0 Å². The summed E-state index contributed by atoms with van der Waals surface area (Å²) in [7, 11) is 0. The van der Waals surface area contributed by atoms with E-state index >= 15 is 0 Å². The third kappa shape index (κ3) is 5.12. The number of nitrogens with zero attached hydrogens (tertiary/aromatic N) is 2. The van der Waals surface area contributed by atoms with E-state index in [4.69, 9.17) is 0 Å². The third-order valence-corrected chi connectivity index (χ3v) is 3.97. The molecule has 0 saturated carbocycles. The monoisotopic (exact) mass is 412 g/mol. The highest BCUT2D eigenvalue weighted by molar-refractivity contribution is 6.03. The molecule has 0 radical (unpaired) electrons. The van der Waals surface area contributed by atoms with Crippen LogP contribution in [0.25, 0.3) is 0 Å². The predicted octanol–water partition coefficient (Wildman–Crippen LogP) is 2.68. The molecule has 0 fully saturated rings. The fourth-order valence-electron chi connectivity index (χ4n) is 2.52. The van der Waals surface area contributed by atoms with Crippen LogP contribution in [-0.2, 0) is 11.3 Å². The Morgan fingerprint density at radius 3 is 2.55 bits per heavy atom. The van der Waals surface area contributed by atoms with Gasteiger partial charge in [0, 0.05) is 6.54 Å². The van der Waals surface area contributed by atoms with Crippen LogP contribution in [0.4, 0.5) is 24.5 Å². The number of aromatic hydroxyl groups is 1. The third-order valence-electron chi connectivity index (χ3n) is 3.97. The highest BCUT2D eigenvalue weighted by Crippen LogP contribution is 2.28. The van der Waals surface area contributed by atoms with Crippen LogP contribution in [0.5, 0.6) is 5.88 Å². The molecule has 1 aromatic heterocycles. The first-order chi connectivity index (χ1) is 13.6. The Bertz CT molecular complexity index is 1050. The van der Waals surface area contributed by atoms with Crippen molar-refractivity contribution in [3.63, 3.8) is 0 Å². The number of benzene rings is 1. The van der Waals surface area contributed by atoms with Crippen molar-refractivity contribution in [1.82, 2.24) is 9.55 Å². The van der Waals surface area contributed by atoms with Crippen molar-refractivity contribution in [3.8, 4) is 5.88 Å². The Balaban J connectivity index is 2.51. The van der Waals surface area contributed by atoms with Gasteiger partial charge in [-0.2, -0.15) is 13.2 Å². The molecule has 0 aliphatic carbocycles. The first-order valence-electron chi connectivity index (χ1n) is 8.65. The molecule has 2 aromatic rings. The van der Waals surface area contributed by atoms with Crippen molar-refractivity contribution in [2.24, 2.45) is 4.99 Å². The summed E-state index contributed by atoms with van der Waals surface area (Å²) in [6, 6.07) is 5.41. The van der Waals surface area contributed by atoms with E-state index in [0.29, 0.717) is 6.42 Å². The minimum atomic E-state index is -5.09. The lowest BCUT2D eigenvalue weighted by molar-refractivity contribution is -0.167. The van der Waals surface area contributed by atoms with Gasteiger partial charge in [0.15, 0.2) is 0 Å². The van der Waals surface area contributed by atoms with Gasteiger partial charge in [0.25, 0.3) is 5.56 Å². The van der Waals surface area contributed by atoms with Crippen LogP contribution in [0.1, 0.15) is 32.3 Å². The number of alkyl halides is 3. The fraction of sp³-hybridized carbons (Fsp3) is 0.333. The maximum Gasteiger partial charge on any atom is 0.471 e. The van der Waals surface area contributed by atoms with Crippen LogP contribution in [0.2, 0.25) is 0 Å². The standard InChI is InChI=1S/C18H19F3N4O4/c1-3-4-9-25-15(27)13(14(26)24-17(25)29)10(2)22-11-7-5-6-8-12(11)23-16(28)18(19,20)21/h5-8,27H,3-4,9H2,1-2H3,(H,23,28)(H,24,26,29). The lowest BCUT2D eigenvalue weighted by Gasteiger charge is -2.12. The van der Waals surface area contributed by atoms with E-state index in [1.807, 2.05) is 6.92 Å². The van der Waals surface area contributed by atoms with E-state index in [1.54, 1.807) is 5.32 Å². The van der Waals surface area contributed by atoms with E-state index in [9.17, 15) is 32.7 Å². The molecule has 0 bridgehead atoms. The van der Waals surface area contributed by atoms with E-state index in [1.165, 1.54) is 31.2 Å². The van der Waals surface area contributed by atoms with Gasteiger partial charge in [-0.3, -0.25) is 24.1 Å². The van der Waals surface area contributed by atoms with Crippen LogP contribution in [0.15, 0.2) is 38.8 Å². The van der Waals surface area contributed by atoms with E-state index in [2.05, 4.69) is 9.98 Å². The number of aromatic nitrogens is 2. The number of carbonyl (C=O) groups is 1. The average Bonchev–Trinajstić information content (AvgIpc) is 2.62. The summed E-state index contributed by atoms with van der Waals surface area (Å²) in [6.45, 7) is 3.39. The SMILES string of the molecule is CCCCn1c(O)c(C(C)=Nc2ccccc2NC(=O)C(F)(F)F)c(=O)[nH]c1=O. The molecule has 1 heterocycles. The molecule has 29 heavy (non-hydrogen) atoms. The number of hydrogen-bond acceptors (Lipinski definition) is 5. The Morgan fingerprint density at radius 2 is 1.93 bits per heavy atom. The van der Waals surface area contributed by atoms with Crippen molar-refractivity contribution in [3.05, 3.63) is 50.7 Å². The number of anilines is 1. The zero-order valence-corrected chi connectivity index (χ0v) is 15.6. The molecule has 2 rings (SSSR count). The van der Waals surface area contributed by atoms with Gasteiger partial charge in [-0.15, -0.1) is 0 Å². The molecule has 0 spiro atoms. The number of halogens is 3. The quantitative estimate of drug-likeness (QED) is 0.633. The molecule has 8 nitrogen and oxygen atoms in total. The highest BCUT2D eigenvalue weighted by Gasteiger charge is 2.39. The Hall–Kier alpha value is -3.37. The Kier molecular flexibility index (Phi) is 6.62. The molecule has 1 amide bonds. The maximum atomic E-state index is 12.5. The lowest BCUT2D eigenvalue weighted by Crippen LogP contribution is -2.33. The molecule has 0 unspecified atom stereocenters. The number of nitrogens with one attached hydrogen (secondary N) is 2. The van der Waals surface area contributed by atoms with Gasteiger partial charge in [-0.05, 0) is 25.5 Å². The second-order valence-electron chi connectivity index (χ2n) is 6.13. The smallest absolute Gasteiger partial charge is 0.471 e. The largest absolute Gasteiger partial charge is 0.494 e. The normalized spacial score (nSPS) is 12.1. The minimum absolute atomic E-state index is 0.0530. The molecular weight excluding hydrogens is 393 g/mol. The van der Waals surface area contributed by atoms with Crippen LogP contribution < -0.4 is 16.6 Å². The van der Waals surface area contributed by atoms with Gasteiger partial charge >= 0.3 is 17.8 Å². The van der Waals surface area contributed by atoms with Crippen molar-refractivity contribution in [2.45, 2.75) is 39.4 Å². The van der Waals surface area contributed by atoms with Gasteiger partial charge in [0.05, 0.1) is 17.1 Å². The van der Waals surface area contributed by atoms with Gasteiger partial charge in [0.2, 0.25) is 5.88 Å². The number of hydrogen-bond donors (Lipinski definition) is 3. The summed E-state index contributed by atoms with van der Waals surface area (Å²) >= 11 is 0. The number of aromatic amines is 1. The summed E-state index contributed by atoms with van der Waals surface area (Å²) in [6.07, 6.45) is -3.78. The van der Waals surface area contributed by atoms with Crippen LogP contribution in [0, 0.1) is 0 Å². The highest BCUT2D eigenvalue weighted by atomic mass is 19.4. The molecule has 0 aliphatic rings. The summed E-state index contributed by atoms with van der Waals surface area (Å²) in [5, 5.41) is 12.1. The predicted molar refractivity (Wildman–Crippen MR) is 101 cm³/mol. The molecule has 0 atom stereocenters. The first kappa shape index (κ1) is 21.9. The number of carbonyl (C=O) groups excluding carboxylic acids is 1. The molecule has 11 heteroatoms. The summed E-state index contributed by atoms with van der Waals surface area (Å²) in [4.78, 5) is 41.5. The minimum Gasteiger partial charge on any atom is -0.494 e. The molecule has 0 aliphatic heterocycles. The van der Waals surface area contributed by atoms with Crippen molar-refractivity contribution >= 4 is 23.0 Å². The maximum absolute atomic E-state index is 12.5. The average molecular weight is 412 g/mol. The van der Waals surface area contributed by atoms with Crippen molar-refractivity contribution in [2.75, 3.05) is 5.32 Å². The van der Waals surface area contributed by atoms with Crippen molar-refractivity contribution < 1.29 is 23.1 Å². The number of unbranched alkanes of at least 4 members (excludes halogenated alkanes) is 1. The van der Waals surface area contributed by atoms with Crippen LogP contribution in [-0.4, -0.2) is 32.5 Å². The Labute approximate surface area is 162 Å². The van der Waals surface area contributed by atoms with E-state index < -0.39 is 29.2 Å². The fourth-order valence-corrected chi connectivity index (χ4v) is 2.52. The second kappa shape index (κ2) is 8.76. The molecule has 0 saturated heterocycles.